The lowest BCUT2D eigenvalue weighted by atomic mass is 9.94. The Balaban J connectivity index is 1.23. The van der Waals surface area contributed by atoms with E-state index in [0.717, 1.165) is 17.1 Å². The maximum atomic E-state index is 2.41. The van der Waals surface area contributed by atoms with E-state index in [-0.39, 0.29) is 0 Å². The van der Waals surface area contributed by atoms with Crippen molar-refractivity contribution in [3.05, 3.63) is 200 Å². The summed E-state index contributed by atoms with van der Waals surface area (Å²) in [6, 6.07) is 72.5. The maximum Gasteiger partial charge on any atom is 0.0546 e. The first-order chi connectivity index (χ1) is 24.3. The standard InChI is InChI=1S/C48H33N/c1-2-15-39(16-3-1)48-46-21-9-6-14-36(46)28-33-47(48)49(40-29-24-37(25-30-40)44-22-10-17-34-12-4-7-19-42(34)44)41-31-26-38(27-32-41)45-23-11-18-35-13-5-8-20-43(35)45/h1-33H. The molecule has 49 heavy (non-hydrogen) atoms. The zero-order chi connectivity index (χ0) is 32.6. The molecule has 0 aliphatic carbocycles. The number of rotatable bonds is 6. The second-order valence-corrected chi connectivity index (χ2v) is 12.5. The molecule has 0 heterocycles. The molecule has 0 bridgehead atoms. The van der Waals surface area contributed by atoms with Crippen molar-refractivity contribution in [3.8, 4) is 33.4 Å². The lowest BCUT2D eigenvalue weighted by Crippen LogP contribution is -2.11. The maximum absolute atomic E-state index is 2.41. The minimum Gasteiger partial charge on any atom is -0.310 e. The van der Waals surface area contributed by atoms with E-state index in [1.54, 1.807) is 0 Å². The van der Waals surface area contributed by atoms with E-state index in [2.05, 4.69) is 205 Å². The monoisotopic (exact) mass is 623 g/mol. The van der Waals surface area contributed by atoms with E-state index < -0.39 is 0 Å². The topological polar surface area (TPSA) is 3.24 Å². The average Bonchev–Trinajstić information content (AvgIpc) is 3.18. The van der Waals surface area contributed by atoms with E-state index >= 15 is 0 Å². The average molecular weight is 624 g/mol. The van der Waals surface area contributed by atoms with Crippen molar-refractivity contribution in [2.75, 3.05) is 4.90 Å². The van der Waals surface area contributed by atoms with E-state index in [1.807, 2.05) is 0 Å². The van der Waals surface area contributed by atoms with Crippen LogP contribution in [0.3, 0.4) is 0 Å². The van der Waals surface area contributed by atoms with E-state index in [0.29, 0.717) is 0 Å². The van der Waals surface area contributed by atoms with Gasteiger partial charge in [0, 0.05) is 16.9 Å². The summed E-state index contributed by atoms with van der Waals surface area (Å²) in [5.74, 6) is 0. The van der Waals surface area contributed by atoms with Crippen LogP contribution in [0.5, 0.6) is 0 Å². The molecule has 9 aromatic rings. The molecule has 0 atom stereocenters. The molecule has 0 radical (unpaired) electrons. The van der Waals surface area contributed by atoms with Crippen LogP contribution in [0, 0.1) is 0 Å². The van der Waals surface area contributed by atoms with Crippen LogP contribution in [0.15, 0.2) is 200 Å². The first-order valence-corrected chi connectivity index (χ1v) is 16.9. The van der Waals surface area contributed by atoms with Crippen molar-refractivity contribution in [3.63, 3.8) is 0 Å². The van der Waals surface area contributed by atoms with Crippen molar-refractivity contribution >= 4 is 49.4 Å². The molecule has 0 N–H and O–H groups in total. The fourth-order valence-corrected chi connectivity index (χ4v) is 7.32. The molecule has 0 saturated carbocycles. The summed E-state index contributed by atoms with van der Waals surface area (Å²) in [5, 5.41) is 7.49. The van der Waals surface area contributed by atoms with E-state index in [1.165, 1.54) is 65.7 Å². The van der Waals surface area contributed by atoms with Crippen LogP contribution >= 0.6 is 0 Å². The lowest BCUT2D eigenvalue weighted by Gasteiger charge is -2.29. The molecule has 9 aromatic carbocycles. The van der Waals surface area contributed by atoms with Gasteiger partial charge in [0.1, 0.15) is 0 Å². The Labute approximate surface area is 287 Å². The molecule has 0 saturated heterocycles. The zero-order valence-electron chi connectivity index (χ0n) is 27.0. The second-order valence-electron chi connectivity index (χ2n) is 12.5. The number of anilines is 3. The van der Waals surface area contributed by atoms with Crippen molar-refractivity contribution in [1.82, 2.24) is 0 Å². The zero-order valence-corrected chi connectivity index (χ0v) is 27.0. The first kappa shape index (κ1) is 28.8. The summed E-state index contributed by atoms with van der Waals surface area (Å²) >= 11 is 0. The Morgan fingerprint density at radius 1 is 0.265 bits per heavy atom. The Morgan fingerprint density at radius 3 is 1.22 bits per heavy atom. The number of hydrogen-bond donors (Lipinski definition) is 0. The van der Waals surface area contributed by atoms with Gasteiger partial charge in [-0.15, -0.1) is 0 Å². The molecule has 0 aliphatic heterocycles. The van der Waals surface area contributed by atoms with Gasteiger partial charge in [-0.3, -0.25) is 0 Å². The summed E-state index contributed by atoms with van der Waals surface area (Å²) in [5.41, 5.74) is 10.7. The van der Waals surface area contributed by atoms with Crippen molar-refractivity contribution in [2.45, 2.75) is 0 Å². The van der Waals surface area contributed by atoms with Crippen molar-refractivity contribution in [1.29, 1.82) is 0 Å². The van der Waals surface area contributed by atoms with Crippen LogP contribution in [0.2, 0.25) is 0 Å². The van der Waals surface area contributed by atoms with Gasteiger partial charge >= 0.3 is 0 Å². The summed E-state index contributed by atoms with van der Waals surface area (Å²) in [6.07, 6.45) is 0. The molecule has 0 spiro atoms. The third-order valence-electron chi connectivity index (χ3n) is 9.66. The third kappa shape index (κ3) is 5.23. The van der Waals surface area contributed by atoms with Crippen LogP contribution in [0.4, 0.5) is 17.1 Å². The van der Waals surface area contributed by atoms with Crippen molar-refractivity contribution < 1.29 is 0 Å². The number of hydrogen-bond acceptors (Lipinski definition) is 1. The molecule has 0 aliphatic rings. The minimum absolute atomic E-state index is 1.11. The number of fused-ring (bicyclic) bond motifs is 3. The highest BCUT2D eigenvalue weighted by molar-refractivity contribution is 6.06. The smallest absolute Gasteiger partial charge is 0.0546 e. The van der Waals surface area contributed by atoms with E-state index in [4.69, 9.17) is 0 Å². The molecule has 0 amide bonds. The van der Waals surface area contributed by atoms with Gasteiger partial charge in [-0.1, -0.05) is 170 Å². The molecule has 1 nitrogen and oxygen atoms in total. The lowest BCUT2D eigenvalue weighted by molar-refractivity contribution is 1.29. The highest BCUT2D eigenvalue weighted by Gasteiger charge is 2.20. The van der Waals surface area contributed by atoms with Gasteiger partial charge in [-0.25, -0.2) is 0 Å². The predicted octanol–water partition coefficient (Wildman–Crippen LogP) is 13.6. The summed E-state index contributed by atoms with van der Waals surface area (Å²) < 4.78 is 0. The number of benzene rings is 9. The van der Waals surface area contributed by atoms with Gasteiger partial charge in [0.15, 0.2) is 0 Å². The fourth-order valence-electron chi connectivity index (χ4n) is 7.32. The van der Waals surface area contributed by atoms with Gasteiger partial charge in [0.2, 0.25) is 0 Å². The first-order valence-electron chi connectivity index (χ1n) is 16.9. The minimum atomic E-state index is 1.11. The Kier molecular flexibility index (Phi) is 7.22. The molecule has 9 rings (SSSR count). The summed E-state index contributed by atoms with van der Waals surface area (Å²) in [7, 11) is 0. The molecular formula is C48H33N. The number of nitrogens with zero attached hydrogens (tertiary/aromatic N) is 1. The van der Waals surface area contributed by atoms with Gasteiger partial charge in [-0.2, -0.15) is 0 Å². The largest absolute Gasteiger partial charge is 0.310 e. The van der Waals surface area contributed by atoms with Crippen LogP contribution in [0.25, 0.3) is 65.7 Å². The normalized spacial score (nSPS) is 11.3. The Morgan fingerprint density at radius 2 is 0.694 bits per heavy atom. The van der Waals surface area contributed by atoms with Crippen LogP contribution in [-0.2, 0) is 0 Å². The van der Waals surface area contributed by atoms with Gasteiger partial charge in [-0.05, 0) is 90.5 Å². The quantitative estimate of drug-likeness (QED) is 0.178. The van der Waals surface area contributed by atoms with Gasteiger partial charge < -0.3 is 4.90 Å². The summed E-state index contributed by atoms with van der Waals surface area (Å²) in [4.78, 5) is 2.41. The molecule has 0 aromatic heterocycles. The SMILES string of the molecule is c1ccc(-c2c(N(c3ccc(-c4cccc5ccccc45)cc3)c3ccc(-c4cccc5ccccc45)cc3)ccc3ccccc23)cc1. The van der Waals surface area contributed by atoms with Gasteiger partial charge in [0.25, 0.3) is 0 Å². The molecule has 230 valence electrons. The highest BCUT2D eigenvalue weighted by Crippen LogP contribution is 2.45. The second kappa shape index (κ2) is 12.3. The van der Waals surface area contributed by atoms with Crippen LogP contribution < -0.4 is 4.90 Å². The van der Waals surface area contributed by atoms with E-state index in [9.17, 15) is 0 Å². The molecule has 0 fully saturated rings. The predicted molar refractivity (Wildman–Crippen MR) is 210 cm³/mol. The molecular weight excluding hydrogens is 591 g/mol. The Bertz CT molecular complexity index is 2450. The van der Waals surface area contributed by atoms with Crippen molar-refractivity contribution in [2.24, 2.45) is 0 Å². The Hall–Kier alpha value is -6.44. The van der Waals surface area contributed by atoms with Crippen LogP contribution in [0.1, 0.15) is 0 Å². The summed E-state index contributed by atoms with van der Waals surface area (Å²) in [6.45, 7) is 0. The molecule has 0 unspecified atom stereocenters. The van der Waals surface area contributed by atoms with Crippen LogP contribution in [-0.4, -0.2) is 0 Å². The third-order valence-corrected chi connectivity index (χ3v) is 9.66. The fraction of sp³-hybridized carbons (Fsp3) is 0. The molecule has 1 heteroatoms. The highest BCUT2D eigenvalue weighted by atomic mass is 15.1. The van der Waals surface area contributed by atoms with Gasteiger partial charge in [0.05, 0.1) is 5.69 Å².